The van der Waals surface area contributed by atoms with Crippen LogP contribution in [0.25, 0.3) is 0 Å². The number of anilines is 1. The molecule has 0 radical (unpaired) electrons. The summed E-state index contributed by atoms with van der Waals surface area (Å²) in [5.74, 6) is 0.847. The number of nitrogens with zero attached hydrogens (tertiary/aromatic N) is 4. The molecule has 1 aliphatic heterocycles. The maximum Gasteiger partial charge on any atom is 0.341 e. The number of hydrogen-bond acceptors (Lipinski definition) is 5. The van der Waals surface area contributed by atoms with Crippen LogP contribution in [0.15, 0.2) is 18.6 Å². The van der Waals surface area contributed by atoms with Crippen LogP contribution in [-0.2, 0) is 4.84 Å². The zero-order valence-electron chi connectivity index (χ0n) is 9.67. The Labute approximate surface area is 99.4 Å². The number of nitrogens with one attached hydrogen (secondary N) is 1. The van der Waals surface area contributed by atoms with Crippen LogP contribution in [0.2, 0.25) is 0 Å². The van der Waals surface area contributed by atoms with Crippen LogP contribution in [0, 0.1) is 0 Å². The molecule has 1 aliphatic rings. The zero-order chi connectivity index (χ0) is 12.1. The summed E-state index contributed by atoms with van der Waals surface area (Å²) in [4.78, 5) is 28.1. The molecule has 17 heavy (non-hydrogen) atoms. The molecule has 0 aliphatic carbocycles. The highest BCUT2D eigenvalue weighted by atomic mass is 16.6. The van der Waals surface area contributed by atoms with Gasteiger partial charge in [0.05, 0.1) is 13.3 Å². The van der Waals surface area contributed by atoms with E-state index in [1.807, 2.05) is 0 Å². The Morgan fingerprint density at radius 3 is 2.71 bits per heavy atom. The predicted octanol–water partition coefficient (Wildman–Crippen LogP) is -0.130. The summed E-state index contributed by atoms with van der Waals surface area (Å²) < 4.78 is 0. The van der Waals surface area contributed by atoms with E-state index in [0.29, 0.717) is 13.1 Å². The van der Waals surface area contributed by atoms with Gasteiger partial charge >= 0.3 is 6.03 Å². The minimum absolute atomic E-state index is 0.203. The molecule has 1 N–H and O–H groups in total. The Hall–Kier alpha value is -1.89. The molecule has 7 nitrogen and oxygen atoms in total. The molecule has 0 spiro atoms. The average molecular weight is 237 g/mol. The number of carbonyl (C=O) groups excluding carboxylic acids is 1. The zero-order valence-corrected chi connectivity index (χ0v) is 9.67. The SMILES string of the molecule is CONC(=O)N1CCN(c2cnccn2)CC1. The number of aromatic nitrogens is 2. The number of urea groups is 1. The molecule has 0 bridgehead atoms. The summed E-state index contributed by atoms with van der Waals surface area (Å²) in [5, 5.41) is 0. The van der Waals surface area contributed by atoms with Crippen molar-refractivity contribution in [3.05, 3.63) is 18.6 Å². The molecule has 2 heterocycles. The van der Waals surface area contributed by atoms with Crippen LogP contribution in [0.3, 0.4) is 0 Å². The molecule has 0 unspecified atom stereocenters. The third-order valence-electron chi connectivity index (χ3n) is 2.63. The van der Waals surface area contributed by atoms with Crippen molar-refractivity contribution < 1.29 is 9.63 Å². The molecule has 1 saturated heterocycles. The van der Waals surface area contributed by atoms with E-state index in [4.69, 9.17) is 0 Å². The lowest BCUT2D eigenvalue weighted by Gasteiger charge is -2.34. The quantitative estimate of drug-likeness (QED) is 0.725. The fraction of sp³-hybridized carbons (Fsp3) is 0.500. The lowest BCUT2D eigenvalue weighted by atomic mass is 10.3. The van der Waals surface area contributed by atoms with Crippen LogP contribution in [0.1, 0.15) is 0 Å². The normalized spacial score (nSPS) is 15.8. The fourth-order valence-corrected chi connectivity index (χ4v) is 1.75. The van der Waals surface area contributed by atoms with Gasteiger partial charge in [0, 0.05) is 38.6 Å². The van der Waals surface area contributed by atoms with Gasteiger partial charge in [0.25, 0.3) is 0 Å². The highest BCUT2D eigenvalue weighted by Gasteiger charge is 2.21. The molecule has 7 heteroatoms. The summed E-state index contributed by atoms with van der Waals surface area (Å²) in [6, 6.07) is -0.203. The third kappa shape index (κ3) is 2.82. The number of piperazine rings is 1. The highest BCUT2D eigenvalue weighted by Crippen LogP contribution is 2.11. The molecule has 2 rings (SSSR count). The first kappa shape index (κ1) is 11.6. The molecular formula is C10H15N5O2. The highest BCUT2D eigenvalue weighted by molar-refractivity contribution is 5.73. The van der Waals surface area contributed by atoms with Crippen molar-refractivity contribution in [2.75, 3.05) is 38.2 Å². The van der Waals surface area contributed by atoms with E-state index >= 15 is 0 Å². The first-order valence-corrected chi connectivity index (χ1v) is 5.40. The van der Waals surface area contributed by atoms with Gasteiger partial charge < -0.3 is 9.80 Å². The van der Waals surface area contributed by atoms with Gasteiger partial charge in [-0.1, -0.05) is 0 Å². The fourth-order valence-electron chi connectivity index (χ4n) is 1.75. The van der Waals surface area contributed by atoms with Crippen molar-refractivity contribution in [2.45, 2.75) is 0 Å². The van der Waals surface area contributed by atoms with E-state index in [9.17, 15) is 4.79 Å². The van der Waals surface area contributed by atoms with Crippen LogP contribution >= 0.6 is 0 Å². The maximum atomic E-state index is 11.5. The average Bonchev–Trinajstić information content (AvgIpc) is 2.40. The van der Waals surface area contributed by atoms with E-state index in [1.54, 1.807) is 23.5 Å². The summed E-state index contributed by atoms with van der Waals surface area (Å²) in [7, 11) is 1.42. The molecule has 2 amide bonds. The van der Waals surface area contributed by atoms with Crippen molar-refractivity contribution >= 4 is 11.8 Å². The number of amides is 2. The molecule has 0 atom stereocenters. The summed E-state index contributed by atoms with van der Waals surface area (Å²) in [6.45, 7) is 2.78. The van der Waals surface area contributed by atoms with E-state index in [1.165, 1.54) is 7.11 Å². The molecule has 1 fully saturated rings. The number of hydrogen-bond donors (Lipinski definition) is 1. The van der Waals surface area contributed by atoms with Crippen molar-refractivity contribution in [3.63, 3.8) is 0 Å². The standard InChI is InChI=1S/C10H15N5O2/c1-17-13-10(16)15-6-4-14(5-7-15)9-8-11-2-3-12-9/h2-3,8H,4-7H2,1H3,(H,13,16). The monoisotopic (exact) mass is 237 g/mol. The third-order valence-corrected chi connectivity index (χ3v) is 2.63. The molecule has 0 aromatic carbocycles. The molecular weight excluding hydrogens is 222 g/mol. The van der Waals surface area contributed by atoms with Crippen molar-refractivity contribution in [2.24, 2.45) is 0 Å². The number of rotatable bonds is 2. The minimum atomic E-state index is -0.203. The second-order valence-electron chi connectivity index (χ2n) is 3.65. The van der Waals surface area contributed by atoms with Gasteiger partial charge in [0.15, 0.2) is 0 Å². The Morgan fingerprint density at radius 2 is 2.12 bits per heavy atom. The Bertz CT molecular complexity index is 364. The van der Waals surface area contributed by atoms with E-state index in [0.717, 1.165) is 18.9 Å². The van der Waals surface area contributed by atoms with Crippen molar-refractivity contribution in [3.8, 4) is 0 Å². The number of hydroxylamine groups is 1. The van der Waals surface area contributed by atoms with Crippen LogP contribution in [0.5, 0.6) is 0 Å². The van der Waals surface area contributed by atoms with Crippen LogP contribution < -0.4 is 10.4 Å². The Balaban J connectivity index is 1.88. The van der Waals surface area contributed by atoms with E-state index in [2.05, 4.69) is 25.2 Å². The summed E-state index contributed by atoms with van der Waals surface area (Å²) >= 11 is 0. The molecule has 0 saturated carbocycles. The second-order valence-corrected chi connectivity index (χ2v) is 3.65. The Morgan fingerprint density at radius 1 is 1.35 bits per heavy atom. The van der Waals surface area contributed by atoms with E-state index in [-0.39, 0.29) is 6.03 Å². The lowest BCUT2D eigenvalue weighted by Crippen LogP contribution is -2.51. The first-order chi connectivity index (χ1) is 8.31. The Kier molecular flexibility index (Phi) is 3.71. The van der Waals surface area contributed by atoms with Gasteiger partial charge in [0.2, 0.25) is 0 Å². The molecule has 1 aromatic rings. The van der Waals surface area contributed by atoms with Crippen LogP contribution in [0.4, 0.5) is 10.6 Å². The van der Waals surface area contributed by atoms with E-state index < -0.39 is 0 Å². The van der Waals surface area contributed by atoms with Gasteiger partial charge in [-0.3, -0.25) is 9.82 Å². The van der Waals surface area contributed by atoms with Gasteiger partial charge in [-0.2, -0.15) is 0 Å². The maximum absolute atomic E-state index is 11.5. The van der Waals surface area contributed by atoms with Crippen molar-refractivity contribution in [1.82, 2.24) is 20.3 Å². The van der Waals surface area contributed by atoms with Gasteiger partial charge in [0.1, 0.15) is 5.82 Å². The van der Waals surface area contributed by atoms with Gasteiger partial charge in [-0.25, -0.2) is 15.3 Å². The smallest absolute Gasteiger partial charge is 0.341 e. The summed E-state index contributed by atoms with van der Waals surface area (Å²) in [6.07, 6.45) is 5.04. The second kappa shape index (κ2) is 5.44. The van der Waals surface area contributed by atoms with Crippen molar-refractivity contribution in [1.29, 1.82) is 0 Å². The predicted molar refractivity (Wildman–Crippen MR) is 61.4 cm³/mol. The lowest BCUT2D eigenvalue weighted by molar-refractivity contribution is 0.0856. The summed E-state index contributed by atoms with van der Waals surface area (Å²) in [5.41, 5.74) is 2.31. The van der Waals surface area contributed by atoms with Gasteiger partial charge in [-0.15, -0.1) is 0 Å². The molecule has 92 valence electrons. The topological polar surface area (TPSA) is 70.6 Å². The number of carbonyl (C=O) groups is 1. The first-order valence-electron chi connectivity index (χ1n) is 5.40. The van der Waals surface area contributed by atoms with Crippen LogP contribution in [-0.4, -0.2) is 54.2 Å². The van der Waals surface area contributed by atoms with Gasteiger partial charge in [-0.05, 0) is 0 Å². The largest absolute Gasteiger partial charge is 0.352 e. The molecule has 1 aromatic heterocycles. The minimum Gasteiger partial charge on any atom is -0.352 e.